The van der Waals surface area contributed by atoms with Crippen molar-refractivity contribution in [3.8, 4) is 0 Å². The molecule has 0 spiro atoms. The van der Waals surface area contributed by atoms with Gasteiger partial charge in [0.2, 0.25) is 0 Å². The molecule has 2 aromatic rings. The van der Waals surface area contributed by atoms with E-state index in [1.165, 1.54) is 19.1 Å². The molecule has 1 saturated carbocycles. The van der Waals surface area contributed by atoms with Crippen LogP contribution in [-0.2, 0) is 5.54 Å². The van der Waals surface area contributed by atoms with E-state index in [4.69, 9.17) is 0 Å². The summed E-state index contributed by atoms with van der Waals surface area (Å²) >= 11 is 0. The lowest BCUT2D eigenvalue weighted by Crippen LogP contribution is -2.46. The van der Waals surface area contributed by atoms with Crippen LogP contribution in [0.1, 0.15) is 60.1 Å². The third-order valence-electron chi connectivity index (χ3n) is 6.80. The van der Waals surface area contributed by atoms with E-state index in [0.29, 0.717) is 13.0 Å². The molecule has 4 rings (SSSR count). The van der Waals surface area contributed by atoms with Crippen molar-refractivity contribution in [3.63, 3.8) is 0 Å². The van der Waals surface area contributed by atoms with Crippen LogP contribution in [0, 0.1) is 5.82 Å². The van der Waals surface area contributed by atoms with Crippen molar-refractivity contribution in [2.24, 2.45) is 0 Å². The molecule has 2 heterocycles. The van der Waals surface area contributed by atoms with Gasteiger partial charge in [0.15, 0.2) is 0 Å². The highest BCUT2D eigenvalue weighted by atomic mass is 19.3. The molecule has 3 atom stereocenters. The molecule has 12 heteroatoms. The molecule has 0 bridgehead atoms. The molecule has 196 valence electrons. The quantitative estimate of drug-likeness (QED) is 0.458. The summed E-state index contributed by atoms with van der Waals surface area (Å²) in [6, 6.07) is 2.56. The number of piperidine rings is 1. The average Bonchev–Trinajstić information content (AvgIpc) is 3.62. The zero-order valence-electron chi connectivity index (χ0n) is 19.3. The first-order valence-electron chi connectivity index (χ1n) is 11.6. The molecular formula is C24H26F6N4O2. The SMILES string of the molecule is C[C@@H](NC(=O)c1cn(C2(C(F)F)CC2)c(=O)cc1N[C@H]1CCNC[C@@H]1F)c1cccc(C(F)F)c1F. The second kappa shape index (κ2) is 10.2. The van der Waals surface area contributed by atoms with Crippen LogP contribution in [0.25, 0.3) is 0 Å². The number of pyridine rings is 1. The van der Waals surface area contributed by atoms with Crippen molar-refractivity contribution in [1.82, 2.24) is 15.2 Å². The number of alkyl halides is 5. The number of anilines is 1. The Morgan fingerprint density at radius 3 is 2.50 bits per heavy atom. The van der Waals surface area contributed by atoms with Gasteiger partial charge in [-0.1, -0.05) is 18.2 Å². The third kappa shape index (κ3) is 4.95. The molecule has 3 N–H and O–H groups in total. The number of benzene rings is 1. The fourth-order valence-corrected chi connectivity index (χ4v) is 4.48. The Kier molecular flexibility index (Phi) is 7.35. The number of rotatable bonds is 8. The lowest BCUT2D eigenvalue weighted by atomic mass is 10.0. The zero-order chi connectivity index (χ0) is 26.2. The Morgan fingerprint density at radius 2 is 1.89 bits per heavy atom. The van der Waals surface area contributed by atoms with Gasteiger partial charge in [0.05, 0.1) is 28.9 Å². The summed E-state index contributed by atoms with van der Waals surface area (Å²) in [4.78, 5) is 26.0. The van der Waals surface area contributed by atoms with Crippen LogP contribution < -0.4 is 21.5 Å². The zero-order valence-corrected chi connectivity index (χ0v) is 19.3. The highest BCUT2D eigenvalue weighted by Gasteiger charge is 2.53. The molecule has 1 amide bonds. The number of halogens is 6. The van der Waals surface area contributed by atoms with E-state index in [2.05, 4.69) is 16.0 Å². The number of carbonyl (C=O) groups excluding carboxylic acids is 1. The summed E-state index contributed by atoms with van der Waals surface area (Å²) in [7, 11) is 0. The molecule has 1 aliphatic heterocycles. The largest absolute Gasteiger partial charge is 0.378 e. The Labute approximate surface area is 203 Å². The number of carbonyl (C=O) groups is 1. The number of nitrogens with zero attached hydrogens (tertiary/aromatic N) is 1. The molecule has 0 radical (unpaired) electrons. The number of aromatic nitrogens is 1. The van der Waals surface area contributed by atoms with Gasteiger partial charge in [-0.25, -0.2) is 26.3 Å². The molecule has 1 aliphatic carbocycles. The number of nitrogens with one attached hydrogen (secondary N) is 3. The monoisotopic (exact) mass is 516 g/mol. The molecule has 2 aliphatic rings. The van der Waals surface area contributed by atoms with Gasteiger partial charge >= 0.3 is 0 Å². The van der Waals surface area contributed by atoms with Crippen molar-refractivity contribution in [2.75, 3.05) is 18.4 Å². The topological polar surface area (TPSA) is 75.2 Å². The number of hydrogen-bond acceptors (Lipinski definition) is 4. The van der Waals surface area contributed by atoms with Gasteiger partial charge in [0, 0.05) is 24.4 Å². The summed E-state index contributed by atoms with van der Waals surface area (Å²) in [5.74, 6) is -2.04. The lowest BCUT2D eigenvalue weighted by molar-refractivity contribution is 0.0648. The minimum atomic E-state index is -3.06. The summed E-state index contributed by atoms with van der Waals surface area (Å²) < 4.78 is 83.5. The van der Waals surface area contributed by atoms with Gasteiger partial charge in [-0.05, 0) is 32.7 Å². The summed E-state index contributed by atoms with van der Waals surface area (Å²) in [5.41, 5.74) is -3.80. The van der Waals surface area contributed by atoms with E-state index in [0.717, 1.165) is 22.9 Å². The Balaban J connectivity index is 1.69. The molecule has 36 heavy (non-hydrogen) atoms. The van der Waals surface area contributed by atoms with Crippen molar-refractivity contribution >= 4 is 11.6 Å². The van der Waals surface area contributed by atoms with Gasteiger partial charge in [-0.15, -0.1) is 0 Å². The fraction of sp³-hybridized carbons (Fsp3) is 0.500. The normalized spacial score (nSPS) is 21.9. The standard InChI is InChI=1S/C24H26F6N4O2/c1-12(13-3-2-4-14(20(13)26)21(27)28)32-22(36)15-11-34(24(6-7-24)23(29)30)19(35)9-18(15)33-17-5-8-31-10-16(17)25/h2-4,9,11-12,16-17,21,23,31,33H,5-8,10H2,1H3,(H,32,36)/t12-,16+,17+/m1/s1. The van der Waals surface area contributed by atoms with Crippen molar-refractivity contribution in [3.05, 3.63) is 63.3 Å². The van der Waals surface area contributed by atoms with Crippen LogP contribution in [0.3, 0.4) is 0 Å². The van der Waals surface area contributed by atoms with Gasteiger partial charge in [-0.2, -0.15) is 0 Å². The van der Waals surface area contributed by atoms with Crippen molar-refractivity contribution in [2.45, 2.75) is 62.8 Å². The highest BCUT2D eigenvalue weighted by molar-refractivity contribution is 5.99. The van der Waals surface area contributed by atoms with Crippen LogP contribution >= 0.6 is 0 Å². The first-order valence-corrected chi connectivity index (χ1v) is 11.6. The smallest absolute Gasteiger partial charge is 0.266 e. The minimum Gasteiger partial charge on any atom is -0.378 e. The van der Waals surface area contributed by atoms with Crippen molar-refractivity contribution < 1.29 is 31.1 Å². The van der Waals surface area contributed by atoms with E-state index in [9.17, 15) is 35.9 Å². The highest BCUT2D eigenvalue weighted by Crippen LogP contribution is 2.48. The maximum Gasteiger partial charge on any atom is 0.266 e. The van der Waals surface area contributed by atoms with E-state index in [1.54, 1.807) is 0 Å². The first kappa shape index (κ1) is 26.1. The van der Waals surface area contributed by atoms with E-state index in [-0.39, 0.29) is 36.2 Å². The van der Waals surface area contributed by atoms with Gasteiger partial charge in [0.25, 0.3) is 24.3 Å². The summed E-state index contributed by atoms with van der Waals surface area (Å²) in [5, 5.41) is 8.21. The van der Waals surface area contributed by atoms with Crippen LogP contribution in [0.2, 0.25) is 0 Å². The van der Waals surface area contributed by atoms with Crippen LogP contribution in [0.15, 0.2) is 35.3 Å². The second-order valence-electron chi connectivity index (χ2n) is 9.22. The van der Waals surface area contributed by atoms with E-state index < -0.39 is 59.5 Å². The Morgan fingerprint density at radius 1 is 1.19 bits per heavy atom. The molecule has 0 unspecified atom stereocenters. The lowest BCUT2D eigenvalue weighted by Gasteiger charge is -2.29. The maximum atomic E-state index is 14.6. The van der Waals surface area contributed by atoms with E-state index in [1.807, 2.05) is 0 Å². The average molecular weight is 516 g/mol. The summed E-state index contributed by atoms with van der Waals surface area (Å²) in [6.45, 7) is 1.92. The minimum absolute atomic E-state index is 0.0429. The molecular weight excluding hydrogens is 490 g/mol. The van der Waals surface area contributed by atoms with Gasteiger partial charge < -0.3 is 20.5 Å². The number of amides is 1. The van der Waals surface area contributed by atoms with Gasteiger partial charge in [0.1, 0.15) is 17.5 Å². The van der Waals surface area contributed by atoms with Crippen LogP contribution in [-0.4, -0.2) is 42.2 Å². The second-order valence-corrected chi connectivity index (χ2v) is 9.22. The first-order chi connectivity index (χ1) is 17.0. The third-order valence-corrected chi connectivity index (χ3v) is 6.80. The van der Waals surface area contributed by atoms with Crippen LogP contribution in [0.4, 0.5) is 32.0 Å². The van der Waals surface area contributed by atoms with Crippen molar-refractivity contribution in [1.29, 1.82) is 0 Å². The number of hydrogen-bond donors (Lipinski definition) is 3. The molecule has 2 fully saturated rings. The maximum absolute atomic E-state index is 14.6. The molecule has 1 aromatic heterocycles. The summed E-state index contributed by atoms with van der Waals surface area (Å²) in [6.07, 6.45) is -5.81. The Hall–Kier alpha value is -3.02. The molecule has 6 nitrogen and oxygen atoms in total. The predicted molar refractivity (Wildman–Crippen MR) is 121 cm³/mol. The van der Waals surface area contributed by atoms with Gasteiger partial charge in [-0.3, -0.25) is 9.59 Å². The Bertz CT molecular complexity index is 1180. The molecule has 1 saturated heterocycles. The predicted octanol–water partition coefficient (Wildman–Crippen LogP) is 4.28. The van der Waals surface area contributed by atoms with E-state index >= 15 is 0 Å². The molecule has 1 aromatic carbocycles. The fourth-order valence-electron chi connectivity index (χ4n) is 4.48. The van der Waals surface area contributed by atoms with Crippen LogP contribution in [0.5, 0.6) is 0 Å².